The van der Waals surface area contributed by atoms with E-state index in [1.807, 2.05) is 0 Å². The van der Waals surface area contributed by atoms with Gasteiger partial charge in [0.25, 0.3) is 5.56 Å². The Morgan fingerprint density at radius 3 is 2.36 bits per heavy atom. The maximum Gasteiger partial charge on any atom is 0.472 e. The second-order valence-corrected chi connectivity index (χ2v) is 10.6. The SMILES string of the molecule is COC1C(OP(=O)(O)OC[C@H]2O[C@@H](n3cnc(N)nc3=O)[C@@H](OC)[C@H]2O)[C@@H](CO)O[C@H]1n1cnc2c(=O)[nH]c(N)nc21. The molecule has 0 aliphatic carbocycles. The Kier molecular flexibility index (Phi) is 8.40. The number of anilines is 2. The van der Waals surface area contributed by atoms with Crippen molar-refractivity contribution in [3.8, 4) is 0 Å². The second kappa shape index (κ2) is 11.7. The molecule has 2 aliphatic rings. The molecule has 0 saturated carbocycles. The Bertz CT molecular complexity index is 1600. The fraction of sp³-hybridized carbons (Fsp3) is 0.600. The first-order valence-electron chi connectivity index (χ1n) is 12.2. The highest BCUT2D eigenvalue weighted by atomic mass is 31.2. The van der Waals surface area contributed by atoms with Crippen molar-refractivity contribution in [2.75, 3.05) is 38.9 Å². The van der Waals surface area contributed by atoms with Crippen LogP contribution in [0, 0.1) is 0 Å². The average Bonchev–Trinajstić information content (AvgIpc) is 3.60. The number of nitrogens with zero attached hydrogens (tertiary/aromatic N) is 6. The Labute approximate surface area is 234 Å². The monoisotopic (exact) mass is 617 g/mol. The molecule has 0 bridgehead atoms. The van der Waals surface area contributed by atoms with E-state index < -0.39 is 81.4 Å². The van der Waals surface area contributed by atoms with Gasteiger partial charge in [-0.3, -0.25) is 28.0 Å². The zero-order valence-electron chi connectivity index (χ0n) is 22.0. The molecule has 0 amide bonds. The van der Waals surface area contributed by atoms with E-state index in [9.17, 15) is 29.3 Å². The number of rotatable bonds is 10. The first-order chi connectivity index (χ1) is 20.0. The first kappa shape index (κ1) is 30.1. The lowest BCUT2D eigenvalue weighted by atomic mass is 10.1. The third kappa shape index (κ3) is 5.54. The molecule has 3 aromatic heterocycles. The lowest BCUT2D eigenvalue weighted by Crippen LogP contribution is -2.38. The van der Waals surface area contributed by atoms with E-state index in [1.165, 1.54) is 25.1 Å². The van der Waals surface area contributed by atoms with Crippen LogP contribution >= 0.6 is 7.82 Å². The van der Waals surface area contributed by atoms with Gasteiger partial charge < -0.3 is 45.5 Å². The molecule has 0 aromatic carbocycles. The van der Waals surface area contributed by atoms with Crippen molar-refractivity contribution >= 4 is 30.9 Å². The van der Waals surface area contributed by atoms with E-state index in [0.717, 1.165) is 10.9 Å². The number of hydrogen-bond donors (Lipinski definition) is 6. The van der Waals surface area contributed by atoms with Gasteiger partial charge >= 0.3 is 13.5 Å². The summed E-state index contributed by atoms with van der Waals surface area (Å²) in [7, 11) is -2.42. The summed E-state index contributed by atoms with van der Waals surface area (Å²) in [6.07, 6.45) is -7.57. The minimum absolute atomic E-state index is 0.0318. The van der Waals surface area contributed by atoms with Crippen LogP contribution in [-0.2, 0) is 32.6 Å². The second-order valence-electron chi connectivity index (χ2n) is 9.22. The first-order valence-corrected chi connectivity index (χ1v) is 13.7. The summed E-state index contributed by atoms with van der Waals surface area (Å²) in [6.45, 7) is -1.35. The van der Waals surface area contributed by atoms with Gasteiger partial charge in [0.1, 0.15) is 43.0 Å². The van der Waals surface area contributed by atoms with Crippen molar-refractivity contribution in [2.45, 2.75) is 49.1 Å². The molecule has 5 heterocycles. The normalized spacial score (nSPS) is 31.1. The van der Waals surface area contributed by atoms with Crippen LogP contribution in [0.3, 0.4) is 0 Å². The van der Waals surface area contributed by atoms with Crippen LogP contribution in [0.15, 0.2) is 22.2 Å². The molecule has 5 rings (SSSR count). The predicted molar refractivity (Wildman–Crippen MR) is 136 cm³/mol. The van der Waals surface area contributed by atoms with Gasteiger partial charge in [0, 0.05) is 14.2 Å². The minimum Gasteiger partial charge on any atom is -0.394 e. The standard InChI is InChI=1S/C20H28N9O12P/c1-36-12-10(31)8(40-16(12)29-6-24-18(21)27-20(29)33)4-38-42(34,35)41-11-7(3-30)39-17(13(11)37-2)28-5-23-9-14(28)25-19(22)26-15(9)32/h5-8,10-13,16-17,30-31H,3-4H2,1-2H3,(H,34,35)(H2,21,27,33)(H3,22,25,26,32)/t7-,8-,10+,11?,12+,13?,16-,17-/m1/s1. The van der Waals surface area contributed by atoms with Crippen LogP contribution in [0.5, 0.6) is 0 Å². The molecule has 0 spiro atoms. The van der Waals surface area contributed by atoms with E-state index in [-0.39, 0.29) is 23.1 Å². The highest BCUT2D eigenvalue weighted by Crippen LogP contribution is 2.49. The lowest BCUT2D eigenvalue weighted by molar-refractivity contribution is -0.0665. The molecule has 230 valence electrons. The third-order valence-electron chi connectivity index (χ3n) is 6.72. The maximum absolute atomic E-state index is 13.0. The van der Waals surface area contributed by atoms with Crippen LogP contribution in [0.25, 0.3) is 11.2 Å². The quantitative estimate of drug-likeness (QED) is 0.121. The van der Waals surface area contributed by atoms with Crippen molar-refractivity contribution in [3.05, 3.63) is 33.5 Å². The average molecular weight is 617 g/mol. The number of phosphoric ester groups is 1. The van der Waals surface area contributed by atoms with Crippen molar-refractivity contribution in [1.29, 1.82) is 0 Å². The summed E-state index contributed by atoms with van der Waals surface area (Å²) < 4.78 is 47.9. The number of ether oxygens (including phenoxy) is 4. The predicted octanol–water partition coefficient (Wildman–Crippen LogP) is -3.38. The van der Waals surface area contributed by atoms with Crippen molar-refractivity contribution < 1.29 is 47.7 Å². The summed E-state index contributed by atoms with van der Waals surface area (Å²) in [6, 6.07) is 0. The summed E-state index contributed by atoms with van der Waals surface area (Å²) in [4.78, 5) is 52.6. The van der Waals surface area contributed by atoms with Gasteiger partial charge in [-0.05, 0) is 0 Å². The Morgan fingerprint density at radius 2 is 1.69 bits per heavy atom. The van der Waals surface area contributed by atoms with Gasteiger partial charge in [-0.15, -0.1) is 0 Å². The molecule has 3 unspecified atom stereocenters. The smallest absolute Gasteiger partial charge is 0.394 e. The molecule has 22 heteroatoms. The third-order valence-corrected chi connectivity index (χ3v) is 7.71. The van der Waals surface area contributed by atoms with Crippen LogP contribution in [0.1, 0.15) is 12.5 Å². The van der Waals surface area contributed by atoms with Crippen LogP contribution in [-0.4, -0.2) is 113 Å². The van der Waals surface area contributed by atoms with E-state index in [0.29, 0.717) is 0 Å². The number of phosphoric acid groups is 1. The fourth-order valence-electron chi connectivity index (χ4n) is 4.80. The van der Waals surface area contributed by atoms with E-state index >= 15 is 0 Å². The molecule has 3 aromatic rings. The maximum atomic E-state index is 13.0. The van der Waals surface area contributed by atoms with E-state index in [4.69, 9.17) is 39.5 Å². The van der Waals surface area contributed by atoms with E-state index in [2.05, 4.69) is 24.9 Å². The summed E-state index contributed by atoms with van der Waals surface area (Å²) in [5.41, 5.74) is 9.61. The molecule has 2 aliphatic heterocycles. The van der Waals surface area contributed by atoms with Gasteiger partial charge in [-0.25, -0.2) is 19.3 Å². The molecule has 42 heavy (non-hydrogen) atoms. The molecule has 2 fully saturated rings. The number of methoxy groups -OCH3 is 2. The molecular weight excluding hydrogens is 589 g/mol. The van der Waals surface area contributed by atoms with E-state index in [1.54, 1.807) is 0 Å². The molecule has 0 radical (unpaired) electrons. The molecule has 21 nitrogen and oxygen atoms in total. The number of hydrogen-bond acceptors (Lipinski definition) is 17. The number of aliphatic hydroxyl groups excluding tert-OH is 2. The van der Waals surface area contributed by atoms with Crippen molar-refractivity contribution in [2.24, 2.45) is 0 Å². The molecule has 8 N–H and O–H groups in total. The molecule has 9 atom stereocenters. The Balaban J connectivity index is 1.31. The fourth-order valence-corrected chi connectivity index (χ4v) is 5.76. The number of nitrogen functional groups attached to an aromatic ring is 2. The summed E-state index contributed by atoms with van der Waals surface area (Å²) in [5, 5.41) is 20.6. The van der Waals surface area contributed by atoms with Crippen LogP contribution in [0.4, 0.5) is 11.9 Å². The van der Waals surface area contributed by atoms with Gasteiger partial charge in [0.05, 0.1) is 19.5 Å². The summed E-state index contributed by atoms with van der Waals surface area (Å²) in [5.74, 6) is -0.463. The number of aromatic amines is 1. The highest BCUT2D eigenvalue weighted by Gasteiger charge is 2.51. The number of aliphatic hydroxyl groups is 2. The highest BCUT2D eigenvalue weighted by molar-refractivity contribution is 7.47. The number of imidazole rings is 1. The Morgan fingerprint density at radius 1 is 1.02 bits per heavy atom. The van der Waals surface area contributed by atoms with Crippen molar-refractivity contribution in [1.82, 2.24) is 34.1 Å². The number of H-pyrrole nitrogens is 1. The number of nitrogens with two attached hydrogens (primary N) is 2. The largest absolute Gasteiger partial charge is 0.472 e. The van der Waals surface area contributed by atoms with Gasteiger partial charge in [-0.2, -0.15) is 9.97 Å². The topological polar surface area (TPSA) is 297 Å². The minimum atomic E-state index is -4.95. The van der Waals surface area contributed by atoms with Crippen molar-refractivity contribution in [3.63, 3.8) is 0 Å². The molecular formula is C20H28N9O12P. The molecule has 2 saturated heterocycles. The zero-order chi connectivity index (χ0) is 30.3. The summed E-state index contributed by atoms with van der Waals surface area (Å²) >= 11 is 0. The van der Waals surface area contributed by atoms with Gasteiger partial charge in [-0.1, -0.05) is 0 Å². The van der Waals surface area contributed by atoms with Crippen LogP contribution in [0.2, 0.25) is 0 Å². The van der Waals surface area contributed by atoms with Crippen LogP contribution < -0.4 is 22.7 Å². The van der Waals surface area contributed by atoms with Gasteiger partial charge in [0.15, 0.2) is 23.6 Å². The number of fused-ring (bicyclic) bond motifs is 1. The number of aromatic nitrogens is 7. The lowest BCUT2D eigenvalue weighted by Gasteiger charge is -2.25. The zero-order valence-corrected chi connectivity index (χ0v) is 22.9. The number of nitrogens with one attached hydrogen (secondary N) is 1. The Hall–Kier alpha value is -3.37. The van der Waals surface area contributed by atoms with Gasteiger partial charge in [0.2, 0.25) is 11.9 Å².